The molecule has 0 aliphatic carbocycles. The number of benzene rings is 1. The maximum atomic E-state index is 6.11. The van der Waals surface area contributed by atoms with Crippen molar-refractivity contribution >= 4 is 0 Å². The summed E-state index contributed by atoms with van der Waals surface area (Å²) in [6, 6.07) is 5.95. The molecule has 0 aliphatic rings. The summed E-state index contributed by atoms with van der Waals surface area (Å²) in [5.41, 5.74) is 9.42. The van der Waals surface area contributed by atoms with Gasteiger partial charge in [-0.2, -0.15) is 5.10 Å². The topological polar surface area (TPSA) is 53.1 Å². The van der Waals surface area contributed by atoms with Gasteiger partial charge in [0.2, 0.25) is 0 Å². The van der Waals surface area contributed by atoms with Crippen LogP contribution in [0.1, 0.15) is 29.7 Å². The first-order valence-corrected chi connectivity index (χ1v) is 6.46. The van der Waals surface area contributed by atoms with Gasteiger partial charge in [-0.05, 0) is 38.0 Å². The molecule has 0 bridgehead atoms. The van der Waals surface area contributed by atoms with E-state index in [4.69, 9.17) is 10.5 Å². The molecule has 0 saturated heterocycles. The fourth-order valence-corrected chi connectivity index (χ4v) is 2.05. The number of nitrogens with two attached hydrogens (primary N) is 1. The van der Waals surface area contributed by atoms with Gasteiger partial charge in [-0.1, -0.05) is 12.1 Å². The summed E-state index contributed by atoms with van der Waals surface area (Å²) in [6.45, 7) is 6.09. The van der Waals surface area contributed by atoms with Crippen LogP contribution in [0.2, 0.25) is 0 Å². The van der Waals surface area contributed by atoms with Crippen LogP contribution in [0, 0.1) is 13.8 Å². The van der Waals surface area contributed by atoms with Crippen LogP contribution in [0.5, 0.6) is 5.75 Å². The van der Waals surface area contributed by atoms with E-state index in [0.29, 0.717) is 0 Å². The third-order valence-electron chi connectivity index (χ3n) is 3.34. The normalized spacial score (nSPS) is 14.2. The van der Waals surface area contributed by atoms with Crippen LogP contribution in [-0.2, 0) is 7.05 Å². The Morgan fingerprint density at radius 2 is 2.05 bits per heavy atom. The lowest BCUT2D eigenvalue weighted by Crippen LogP contribution is -2.29. The molecular weight excluding hydrogens is 238 g/mol. The van der Waals surface area contributed by atoms with Crippen molar-refractivity contribution in [3.05, 3.63) is 47.3 Å². The lowest BCUT2D eigenvalue weighted by Gasteiger charge is -2.23. The Kier molecular flexibility index (Phi) is 3.90. The lowest BCUT2D eigenvalue weighted by atomic mass is 10.1. The molecule has 0 aliphatic heterocycles. The van der Waals surface area contributed by atoms with Gasteiger partial charge in [-0.3, -0.25) is 4.68 Å². The monoisotopic (exact) mass is 259 g/mol. The van der Waals surface area contributed by atoms with E-state index in [2.05, 4.69) is 25.0 Å². The molecule has 19 heavy (non-hydrogen) atoms. The Bertz CT molecular complexity index is 560. The maximum Gasteiger partial charge on any atom is 0.141 e. The van der Waals surface area contributed by atoms with Gasteiger partial charge >= 0.3 is 0 Å². The Balaban J connectivity index is 2.29. The van der Waals surface area contributed by atoms with Crippen LogP contribution in [-0.4, -0.2) is 15.8 Å². The van der Waals surface area contributed by atoms with Gasteiger partial charge in [-0.25, -0.2) is 0 Å². The van der Waals surface area contributed by atoms with Crippen molar-refractivity contribution in [3.8, 4) is 5.75 Å². The van der Waals surface area contributed by atoms with E-state index in [1.165, 1.54) is 5.56 Å². The van der Waals surface area contributed by atoms with Crippen molar-refractivity contribution in [2.75, 3.05) is 0 Å². The number of rotatable bonds is 4. The molecule has 0 saturated carbocycles. The first kappa shape index (κ1) is 13.6. The minimum Gasteiger partial charge on any atom is -0.484 e. The van der Waals surface area contributed by atoms with E-state index in [0.717, 1.165) is 16.9 Å². The van der Waals surface area contributed by atoms with Crippen molar-refractivity contribution in [2.24, 2.45) is 12.8 Å². The van der Waals surface area contributed by atoms with E-state index < -0.39 is 0 Å². The Morgan fingerprint density at radius 1 is 1.32 bits per heavy atom. The molecule has 4 heteroatoms. The third-order valence-corrected chi connectivity index (χ3v) is 3.34. The fourth-order valence-electron chi connectivity index (χ4n) is 2.05. The van der Waals surface area contributed by atoms with Crippen molar-refractivity contribution < 1.29 is 4.74 Å². The molecule has 2 unspecified atom stereocenters. The summed E-state index contributed by atoms with van der Waals surface area (Å²) in [6.07, 6.45) is 3.56. The second-order valence-electron chi connectivity index (χ2n) is 5.04. The number of nitrogens with zero attached hydrogens (tertiary/aromatic N) is 2. The predicted molar refractivity (Wildman–Crippen MR) is 76.1 cm³/mol. The van der Waals surface area contributed by atoms with Gasteiger partial charge in [-0.15, -0.1) is 0 Å². The molecule has 2 rings (SSSR count). The zero-order valence-corrected chi connectivity index (χ0v) is 11.9. The molecule has 0 amide bonds. The standard InChI is InChI=1S/C15H21N3O/c1-10-6-5-7-14(11(10)2)19-15(12(3)16)13-8-17-18(4)9-13/h5-9,12,15H,16H2,1-4H3. The molecule has 2 atom stereocenters. The zero-order chi connectivity index (χ0) is 14.0. The second kappa shape index (κ2) is 5.45. The minimum atomic E-state index is -0.186. The van der Waals surface area contributed by atoms with Crippen LogP contribution >= 0.6 is 0 Å². The molecular formula is C15H21N3O. The fraction of sp³-hybridized carbons (Fsp3) is 0.400. The van der Waals surface area contributed by atoms with Gasteiger partial charge in [0.25, 0.3) is 0 Å². The molecule has 1 aromatic carbocycles. The van der Waals surface area contributed by atoms with Gasteiger partial charge in [0.1, 0.15) is 11.9 Å². The highest BCUT2D eigenvalue weighted by Crippen LogP contribution is 2.28. The van der Waals surface area contributed by atoms with Crippen molar-refractivity contribution in [3.63, 3.8) is 0 Å². The predicted octanol–water partition coefficient (Wildman–Crippen LogP) is 2.50. The zero-order valence-electron chi connectivity index (χ0n) is 11.9. The molecule has 0 fully saturated rings. The third kappa shape index (κ3) is 2.96. The van der Waals surface area contributed by atoms with Gasteiger partial charge in [0.05, 0.1) is 6.20 Å². The highest BCUT2D eigenvalue weighted by Gasteiger charge is 2.20. The van der Waals surface area contributed by atoms with Crippen LogP contribution in [0.4, 0.5) is 0 Å². The van der Waals surface area contributed by atoms with E-state index >= 15 is 0 Å². The molecule has 0 spiro atoms. The molecule has 4 nitrogen and oxygen atoms in total. The summed E-state index contributed by atoms with van der Waals surface area (Å²) in [4.78, 5) is 0. The smallest absolute Gasteiger partial charge is 0.141 e. The van der Waals surface area contributed by atoms with Crippen LogP contribution < -0.4 is 10.5 Å². The Labute approximate surface area is 114 Å². The number of aryl methyl sites for hydroxylation is 2. The summed E-state index contributed by atoms with van der Waals surface area (Å²) in [5.74, 6) is 0.881. The molecule has 1 heterocycles. The first-order valence-electron chi connectivity index (χ1n) is 6.46. The SMILES string of the molecule is Cc1cccc(OC(c2cnn(C)c2)C(C)N)c1C. The van der Waals surface area contributed by atoms with Crippen molar-refractivity contribution in [1.82, 2.24) is 9.78 Å². The number of hydrogen-bond acceptors (Lipinski definition) is 3. The van der Waals surface area contributed by atoms with E-state index in [1.54, 1.807) is 10.9 Å². The largest absolute Gasteiger partial charge is 0.484 e. The molecule has 2 aromatic rings. The molecule has 1 aromatic heterocycles. The van der Waals surface area contributed by atoms with Crippen molar-refractivity contribution in [1.29, 1.82) is 0 Å². The molecule has 102 valence electrons. The number of ether oxygens (including phenoxy) is 1. The van der Waals surface area contributed by atoms with Crippen LogP contribution in [0.25, 0.3) is 0 Å². The average molecular weight is 259 g/mol. The van der Waals surface area contributed by atoms with Crippen LogP contribution in [0.3, 0.4) is 0 Å². The van der Waals surface area contributed by atoms with E-state index in [9.17, 15) is 0 Å². The number of hydrogen-bond donors (Lipinski definition) is 1. The second-order valence-corrected chi connectivity index (χ2v) is 5.04. The van der Waals surface area contributed by atoms with Crippen molar-refractivity contribution in [2.45, 2.75) is 32.9 Å². The number of aromatic nitrogens is 2. The maximum absolute atomic E-state index is 6.11. The van der Waals surface area contributed by atoms with E-state index in [-0.39, 0.29) is 12.1 Å². The quantitative estimate of drug-likeness (QED) is 0.918. The minimum absolute atomic E-state index is 0.107. The Morgan fingerprint density at radius 3 is 2.63 bits per heavy atom. The Hall–Kier alpha value is -1.81. The molecule has 0 radical (unpaired) electrons. The van der Waals surface area contributed by atoms with E-state index in [1.807, 2.05) is 32.3 Å². The lowest BCUT2D eigenvalue weighted by molar-refractivity contribution is 0.179. The van der Waals surface area contributed by atoms with Crippen LogP contribution in [0.15, 0.2) is 30.6 Å². The highest BCUT2D eigenvalue weighted by atomic mass is 16.5. The van der Waals surface area contributed by atoms with Gasteiger partial charge in [0.15, 0.2) is 0 Å². The first-order chi connectivity index (χ1) is 8.99. The highest BCUT2D eigenvalue weighted by molar-refractivity contribution is 5.38. The van der Waals surface area contributed by atoms with Gasteiger partial charge < -0.3 is 10.5 Å². The molecule has 2 N–H and O–H groups in total. The van der Waals surface area contributed by atoms with Gasteiger partial charge in [0, 0.05) is 24.8 Å². The summed E-state index contributed by atoms with van der Waals surface area (Å²) < 4.78 is 7.87. The summed E-state index contributed by atoms with van der Waals surface area (Å²) in [7, 11) is 1.89. The summed E-state index contributed by atoms with van der Waals surface area (Å²) in [5, 5.41) is 4.18. The average Bonchev–Trinajstić information content (AvgIpc) is 2.77. The summed E-state index contributed by atoms with van der Waals surface area (Å²) >= 11 is 0.